The third-order valence-electron chi connectivity index (χ3n) is 8.14. The standard InChI is InChI=1S/C30H32N4O6S/c35-28-14-13-27(29(36)31-28)33-18-21-17-24(11-12-26(21)30(33)37)40-20-23-7-4-5-15-32(23)19-22-8-6-16-34(22)41(38,39)25-9-2-1-3-10-25/h1-3,6,8-12,16-17,23,27H,4-5,7,13-15,18-20H2,(H,31,35,36)/t23-,27?/m0/s1. The van der Waals surface area contributed by atoms with E-state index in [0.29, 0.717) is 43.1 Å². The summed E-state index contributed by atoms with van der Waals surface area (Å²) in [5, 5.41) is 2.33. The van der Waals surface area contributed by atoms with Crippen molar-refractivity contribution in [3.63, 3.8) is 0 Å². The molecule has 1 unspecified atom stereocenters. The fourth-order valence-corrected chi connectivity index (χ4v) is 7.35. The van der Waals surface area contributed by atoms with Crippen LogP contribution in [0.1, 0.15) is 53.7 Å². The minimum absolute atomic E-state index is 0.0985. The van der Waals surface area contributed by atoms with Crippen LogP contribution in [0.15, 0.2) is 71.8 Å². The van der Waals surface area contributed by atoms with Crippen LogP contribution in [0.4, 0.5) is 0 Å². The van der Waals surface area contributed by atoms with Crippen molar-refractivity contribution in [1.82, 2.24) is 19.1 Å². The number of piperidine rings is 2. The molecule has 2 saturated heterocycles. The number of likely N-dealkylation sites (tertiary alicyclic amines) is 1. The number of carbonyl (C=O) groups is 3. The number of imide groups is 1. The van der Waals surface area contributed by atoms with Gasteiger partial charge in [-0.05, 0) is 73.8 Å². The molecule has 0 saturated carbocycles. The number of rotatable bonds is 8. The van der Waals surface area contributed by atoms with Crippen molar-refractivity contribution < 1.29 is 27.5 Å². The summed E-state index contributed by atoms with van der Waals surface area (Å²) in [6.07, 6.45) is 5.15. The molecule has 3 aliphatic heterocycles. The number of amides is 3. The van der Waals surface area contributed by atoms with E-state index in [1.165, 1.54) is 8.87 Å². The van der Waals surface area contributed by atoms with Crippen molar-refractivity contribution >= 4 is 27.7 Å². The van der Waals surface area contributed by atoms with Crippen molar-refractivity contribution in [3.05, 3.63) is 83.7 Å². The van der Waals surface area contributed by atoms with Crippen LogP contribution in [0.25, 0.3) is 0 Å². The molecule has 3 aromatic rings. The van der Waals surface area contributed by atoms with Gasteiger partial charge in [0, 0.05) is 43.0 Å². The zero-order valence-electron chi connectivity index (χ0n) is 22.6. The number of carbonyl (C=O) groups excluding carboxylic acids is 3. The monoisotopic (exact) mass is 576 g/mol. The lowest BCUT2D eigenvalue weighted by atomic mass is 10.0. The topological polar surface area (TPSA) is 118 Å². The molecule has 214 valence electrons. The molecule has 2 atom stereocenters. The SMILES string of the molecule is O=C1CCC(N2Cc3cc(OC[C@@H]4CCCCN4Cc4cccn4S(=O)(=O)c4ccccc4)ccc3C2=O)C(=O)N1. The van der Waals surface area contributed by atoms with Gasteiger partial charge in [-0.3, -0.25) is 24.6 Å². The van der Waals surface area contributed by atoms with Gasteiger partial charge in [0.1, 0.15) is 18.4 Å². The lowest BCUT2D eigenvalue weighted by Crippen LogP contribution is -2.52. The van der Waals surface area contributed by atoms with Crippen LogP contribution in [0, 0.1) is 0 Å². The fourth-order valence-electron chi connectivity index (χ4n) is 5.96. The molecule has 0 spiro atoms. The van der Waals surface area contributed by atoms with Gasteiger partial charge in [0.2, 0.25) is 11.8 Å². The third-order valence-corrected chi connectivity index (χ3v) is 9.89. The summed E-state index contributed by atoms with van der Waals surface area (Å²) >= 11 is 0. The summed E-state index contributed by atoms with van der Waals surface area (Å²) in [5.41, 5.74) is 2.04. The number of fused-ring (bicyclic) bond motifs is 1. The molecule has 0 aliphatic carbocycles. The van der Waals surface area contributed by atoms with Crippen LogP contribution in [0.3, 0.4) is 0 Å². The minimum atomic E-state index is -3.69. The quantitative estimate of drug-likeness (QED) is 0.410. The van der Waals surface area contributed by atoms with E-state index < -0.39 is 22.0 Å². The highest BCUT2D eigenvalue weighted by atomic mass is 32.2. The summed E-state index contributed by atoms with van der Waals surface area (Å²) in [7, 11) is -3.69. The first kappa shape index (κ1) is 27.2. The van der Waals surface area contributed by atoms with E-state index in [-0.39, 0.29) is 29.2 Å². The number of hydrogen-bond acceptors (Lipinski definition) is 7. The van der Waals surface area contributed by atoms with Gasteiger partial charge in [-0.1, -0.05) is 24.6 Å². The predicted octanol–water partition coefficient (Wildman–Crippen LogP) is 2.92. The summed E-state index contributed by atoms with van der Waals surface area (Å²) in [6.45, 7) is 2.03. The molecular weight excluding hydrogens is 544 g/mol. The minimum Gasteiger partial charge on any atom is -0.492 e. The van der Waals surface area contributed by atoms with Crippen LogP contribution < -0.4 is 10.1 Å². The molecule has 0 radical (unpaired) electrons. The van der Waals surface area contributed by atoms with Crippen molar-refractivity contribution in [2.45, 2.75) is 62.2 Å². The zero-order chi connectivity index (χ0) is 28.6. The van der Waals surface area contributed by atoms with Crippen molar-refractivity contribution in [2.75, 3.05) is 13.2 Å². The van der Waals surface area contributed by atoms with E-state index >= 15 is 0 Å². The van der Waals surface area contributed by atoms with Crippen LogP contribution in [-0.2, 0) is 32.7 Å². The molecule has 2 aromatic carbocycles. The largest absolute Gasteiger partial charge is 0.492 e. The molecule has 0 bridgehead atoms. The maximum atomic E-state index is 13.3. The molecular formula is C30H32N4O6S. The van der Waals surface area contributed by atoms with Gasteiger partial charge in [-0.25, -0.2) is 12.4 Å². The third kappa shape index (κ3) is 5.39. The van der Waals surface area contributed by atoms with Crippen LogP contribution in [0.5, 0.6) is 5.75 Å². The second kappa shape index (κ2) is 11.1. The summed E-state index contributed by atoms with van der Waals surface area (Å²) in [4.78, 5) is 40.9. The van der Waals surface area contributed by atoms with Crippen molar-refractivity contribution in [2.24, 2.45) is 0 Å². The van der Waals surface area contributed by atoms with Gasteiger partial charge >= 0.3 is 0 Å². The van der Waals surface area contributed by atoms with Gasteiger partial charge in [0.25, 0.3) is 15.9 Å². The van der Waals surface area contributed by atoms with Crippen LogP contribution >= 0.6 is 0 Å². The smallest absolute Gasteiger partial charge is 0.267 e. The molecule has 10 nitrogen and oxygen atoms in total. The molecule has 41 heavy (non-hydrogen) atoms. The first-order valence-corrected chi connectivity index (χ1v) is 15.4. The maximum Gasteiger partial charge on any atom is 0.267 e. The number of benzene rings is 2. The number of hydrogen-bond donors (Lipinski definition) is 1. The molecule has 6 rings (SSSR count). The highest BCUT2D eigenvalue weighted by Gasteiger charge is 2.39. The Morgan fingerprint density at radius 3 is 2.59 bits per heavy atom. The summed E-state index contributed by atoms with van der Waals surface area (Å²) in [6, 6.07) is 16.8. The molecule has 3 aliphatic rings. The normalized spacial score (nSPS) is 21.6. The van der Waals surface area contributed by atoms with Gasteiger partial charge in [0.05, 0.1) is 4.90 Å². The number of nitrogens with one attached hydrogen (secondary N) is 1. The average Bonchev–Trinajstić information content (AvgIpc) is 3.57. The van der Waals surface area contributed by atoms with Gasteiger partial charge in [-0.15, -0.1) is 0 Å². The van der Waals surface area contributed by atoms with E-state index in [9.17, 15) is 22.8 Å². The lowest BCUT2D eigenvalue weighted by molar-refractivity contribution is -0.136. The maximum absolute atomic E-state index is 13.3. The highest BCUT2D eigenvalue weighted by Crippen LogP contribution is 2.31. The first-order chi connectivity index (χ1) is 19.8. The number of ether oxygens (including phenoxy) is 1. The highest BCUT2D eigenvalue weighted by molar-refractivity contribution is 7.90. The Hall–Kier alpha value is -3.96. The van der Waals surface area contributed by atoms with Gasteiger partial charge < -0.3 is 9.64 Å². The Balaban J connectivity index is 1.12. The Kier molecular flexibility index (Phi) is 7.39. The summed E-state index contributed by atoms with van der Waals surface area (Å²) in [5.74, 6) is -0.317. The van der Waals surface area contributed by atoms with E-state index in [2.05, 4.69) is 10.2 Å². The molecule has 1 aromatic heterocycles. The van der Waals surface area contributed by atoms with Gasteiger partial charge in [-0.2, -0.15) is 0 Å². The number of nitrogens with zero attached hydrogens (tertiary/aromatic N) is 3. The zero-order valence-corrected chi connectivity index (χ0v) is 23.4. The Morgan fingerprint density at radius 1 is 0.951 bits per heavy atom. The summed E-state index contributed by atoms with van der Waals surface area (Å²) < 4.78 is 34.1. The fraction of sp³-hybridized carbons (Fsp3) is 0.367. The van der Waals surface area contributed by atoms with Crippen LogP contribution in [0.2, 0.25) is 0 Å². The first-order valence-electron chi connectivity index (χ1n) is 13.9. The van der Waals surface area contributed by atoms with E-state index in [0.717, 1.165) is 31.4 Å². The molecule has 11 heteroatoms. The predicted molar refractivity (Wildman–Crippen MR) is 149 cm³/mol. The Labute approximate surface area is 238 Å². The molecule has 4 heterocycles. The average molecular weight is 577 g/mol. The van der Waals surface area contributed by atoms with Crippen molar-refractivity contribution in [1.29, 1.82) is 0 Å². The lowest BCUT2D eigenvalue weighted by Gasteiger charge is -2.35. The Morgan fingerprint density at radius 2 is 1.78 bits per heavy atom. The van der Waals surface area contributed by atoms with E-state index in [1.54, 1.807) is 54.7 Å². The van der Waals surface area contributed by atoms with E-state index in [1.807, 2.05) is 12.1 Å². The molecule has 2 fully saturated rings. The second-order valence-electron chi connectivity index (χ2n) is 10.8. The van der Waals surface area contributed by atoms with Crippen LogP contribution in [-0.4, -0.2) is 65.1 Å². The number of aromatic nitrogens is 1. The van der Waals surface area contributed by atoms with E-state index in [4.69, 9.17) is 4.74 Å². The van der Waals surface area contributed by atoms with Crippen molar-refractivity contribution in [3.8, 4) is 5.75 Å². The second-order valence-corrected chi connectivity index (χ2v) is 12.6. The molecule has 3 amide bonds. The molecule has 1 N–H and O–H groups in total. The van der Waals surface area contributed by atoms with Gasteiger partial charge in [0.15, 0.2) is 0 Å². The Bertz CT molecular complexity index is 1590.